The second-order valence-corrected chi connectivity index (χ2v) is 3.74. The number of nitrogens with one attached hydrogen (secondary N) is 1. The third-order valence-electron chi connectivity index (χ3n) is 2.48. The third-order valence-corrected chi connectivity index (χ3v) is 2.48. The topological polar surface area (TPSA) is 29.9 Å². The molecule has 1 aromatic rings. The second kappa shape index (κ2) is 5.81. The molecular weight excluding hydrogens is 174 g/mol. The first-order chi connectivity index (χ1) is 6.77. The van der Waals surface area contributed by atoms with Crippen molar-refractivity contribution in [3.8, 4) is 0 Å². The van der Waals surface area contributed by atoms with Crippen molar-refractivity contribution in [3.05, 3.63) is 18.0 Å². The lowest BCUT2D eigenvalue weighted by Crippen LogP contribution is -2.25. The minimum atomic E-state index is 0.583. The van der Waals surface area contributed by atoms with Gasteiger partial charge in [-0.15, -0.1) is 0 Å². The summed E-state index contributed by atoms with van der Waals surface area (Å²) in [6, 6.07) is 2.67. The Hall–Kier alpha value is -0.830. The number of rotatable bonds is 6. The van der Waals surface area contributed by atoms with Gasteiger partial charge < -0.3 is 5.32 Å². The Morgan fingerprint density at radius 3 is 2.93 bits per heavy atom. The molecule has 1 rings (SSSR count). The van der Waals surface area contributed by atoms with Gasteiger partial charge in [0.05, 0.1) is 5.69 Å². The van der Waals surface area contributed by atoms with E-state index in [0.717, 1.165) is 19.5 Å². The average molecular weight is 195 g/mol. The third kappa shape index (κ3) is 3.14. The molecule has 0 aliphatic rings. The molecule has 1 atom stereocenters. The maximum absolute atomic E-state index is 4.29. The fraction of sp³-hybridized carbons (Fsp3) is 0.727. The van der Waals surface area contributed by atoms with Crippen molar-refractivity contribution in [3.63, 3.8) is 0 Å². The van der Waals surface area contributed by atoms with E-state index >= 15 is 0 Å². The van der Waals surface area contributed by atoms with Crippen LogP contribution in [0.1, 0.15) is 39.3 Å². The van der Waals surface area contributed by atoms with Crippen molar-refractivity contribution in [2.24, 2.45) is 0 Å². The average Bonchev–Trinajstić information content (AvgIpc) is 2.62. The van der Waals surface area contributed by atoms with Crippen LogP contribution in [-0.4, -0.2) is 15.8 Å². The van der Waals surface area contributed by atoms with Crippen LogP contribution in [0.15, 0.2) is 12.3 Å². The van der Waals surface area contributed by atoms with Crippen molar-refractivity contribution in [1.82, 2.24) is 15.1 Å². The molecular formula is C11H21N3. The van der Waals surface area contributed by atoms with Crippen molar-refractivity contribution in [2.75, 3.05) is 0 Å². The molecule has 0 bridgehead atoms. The predicted molar refractivity (Wildman–Crippen MR) is 59.1 cm³/mol. The van der Waals surface area contributed by atoms with Gasteiger partial charge in [-0.3, -0.25) is 4.68 Å². The van der Waals surface area contributed by atoms with E-state index in [9.17, 15) is 0 Å². The van der Waals surface area contributed by atoms with Gasteiger partial charge in [-0.05, 0) is 25.8 Å². The number of hydrogen-bond donors (Lipinski definition) is 1. The fourth-order valence-corrected chi connectivity index (χ4v) is 1.35. The number of aryl methyl sites for hydroxylation is 1. The van der Waals surface area contributed by atoms with E-state index in [0.29, 0.717) is 6.04 Å². The molecule has 0 saturated carbocycles. The molecule has 0 radical (unpaired) electrons. The van der Waals surface area contributed by atoms with E-state index in [4.69, 9.17) is 0 Å². The molecule has 3 heteroatoms. The highest BCUT2D eigenvalue weighted by molar-refractivity contribution is 5.00. The number of aromatic nitrogens is 2. The van der Waals surface area contributed by atoms with Crippen molar-refractivity contribution in [1.29, 1.82) is 0 Å². The summed E-state index contributed by atoms with van der Waals surface area (Å²) in [5.74, 6) is 0. The fourth-order valence-electron chi connectivity index (χ4n) is 1.35. The summed E-state index contributed by atoms with van der Waals surface area (Å²) in [6.45, 7) is 8.52. The molecule has 3 nitrogen and oxygen atoms in total. The van der Waals surface area contributed by atoms with Crippen LogP contribution in [-0.2, 0) is 13.1 Å². The maximum atomic E-state index is 4.29. The van der Waals surface area contributed by atoms with Gasteiger partial charge in [0.2, 0.25) is 0 Å². The Labute approximate surface area is 86.5 Å². The summed E-state index contributed by atoms with van der Waals surface area (Å²) in [7, 11) is 0. The molecule has 1 aromatic heterocycles. The lowest BCUT2D eigenvalue weighted by atomic mass is 10.2. The Morgan fingerprint density at radius 1 is 1.50 bits per heavy atom. The monoisotopic (exact) mass is 195 g/mol. The minimum Gasteiger partial charge on any atom is -0.309 e. The zero-order chi connectivity index (χ0) is 10.4. The van der Waals surface area contributed by atoms with Gasteiger partial charge in [-0.2, -0.15) is 5.10 Å². The molecule has 0 fully saturated rings. The Kier molecular flexibility index (Phi) is 4.66. The highest BCUT2D eigenvalue weighted by Gasteiger charge is 2.02. The van der Waals surface area contributed by atoms with E-state index in [1.165, 1.54) is 12.1 Å². The van der Waals surface area contributed by atoms with Gasteiger partial charge in [0, 0.05) is 25.3 Å². The molecule has 0 aromatic carbocycles. The van der Waals surface area contributed by atoms with E-state index in [1.54, 1.807) is 0 Å². The van der Waals surface area contributed by atoms with Gasteiger partial charge in [-0.1, -0.05) is 13.8 Å². The molecule has 0 spiro atoms. The van der Waals surface area contributed by atoms with Crippen molar-refractivity contribution >= 4 is 0 Å². The van der Waals surface area contributed by atoms with Gasteiger partial charge in [0.25, 0.3) is 0 Å². The van der Waals surface area contributed by atoms with Crippen LogP contribution in [0.5, 0.6) is 0 Å². The van der Waals surface area contributed by atoms with Gasteiger partial charge >= 0.3 is 0 Å². The summed E-state index contributed by atoms with van der Waals surface area (Å²) in [4.78, 5) is 0. The Morgan fingerprint density at radius 2 is 2.29 bits per heavy atom. The highest BCUT2D eigenvalue weighted by atomic mass is 15.3. The molecule has 1 N–H and O–H groups in total. The molecule has 0 amide bonds. The lowest BCUT2D eigenvalue weighted by Gasteiger charge is -2.12. The molecule has 0 saturated heterocycles. The van der Waals surface area contributed by atoms with Crippen LogP contribution >= 0.6 is 0 Å². The van der Waals surface area contributed by atoms with Crippen LogP contribution in [0.2, 0.25) is 0 Å². The Bertz CT molecular complexity index is 255. The zero-order valence-electron chi connectivity index (χ0n) is 9.45. The Balaban J connectivity index is 2.45. The van der Waals surface area contributed by atoms with E-state index in [1.807, 2.05) is 6.20 Å². The lowest BCUT2D eigenvalue weighted by molar-refractivity contribution is 0.497. The largest absolute Gasteiger partial charge is 0.309 e. The zero-order valence-corrected chi connectivity index (χ0v) is 9.45. The molecule has 1 unspecified atom stereocenters. The first-order valence-corrected chi connectivity index (χ1v) is 5.52. The molecule has 14 heavy (non-hydrogen) atoms. The van der Waals surface area contributed by atoms with Crippen molar-refractivity contribution < 1.29 is 0 Å². The molecule has 0 aliphatic heterocycles. The standard InChI is InChI=1S/C11H21N3/c1-4-8-14-11(6-7-13-14)9-12-10(3)5-2/h6-7,10,12H,4-5,8-9H2,1-3H3. The van der Waals surface area contributed by atoms with Crippen molar-refractivity contribution in [2.45, 2.75) is 52.7 Å². The van der Waals surface area contributed by atoms with E-state index < -0.39 is 0 Å². The normalized spacial score (nSPS) is 13.1. The van der Waals surface area contributed by atoms with Crippen LogP contribution < -0.4 is 5.32 Å². The predicted octanol–water partition coefficient (Wildman–Crippen LogP) is 2.18. The summed E-state index contributed by atoms with van der Waals surface area (Å²) in [5, 5.41) is 7.76. The van der Waals surface area contributed by atoms with Gasteiger partial charge in [0.15, 0.2) is 0 Å². The van der Waals surface area contributed by atoms with Crippen LogP contribution in [0.25, 0.3) is 0 Å². The summed E-state index contributed by atoms with van der Waals surface area (Å²) in [5.41, 5.74) is 1.28. The van der Waals surface area contributed by atoms with E-state index in [-0.39, 0.29) is 0 Å². The van der Waals surface area contributed by atoms with Gasteiger partial charge in [0.1, 0.15) is 0 Å². The van der Waals surface area contributed by atoms with Crippen LogP contribution in [0.3, 0.4) is 0 Å². The molecule has 80 valence electrons. The number of nitrogens with zero attached hydrogens (tertiary/aromatic N) is 2. The SMILES string of the molecule is CCCn1nccc1CNC(C)CC. The maximum Gasteiger partial charge on any atom is 0.0522 e. The first kappa shape index (κ1) is 11.2. The quantitative estimate of drug-likeness (QED) is 0.754. The number of hydrogen-bond acceptors (Lipinski definition) is 2. The smallest absolute Gasteiger partial charge is 0.0522 e. The summed E-state index contributed by atoms with van der Waals surface area (Å²) in [6.07, 6.45) is 4.18. The van der Waals surface area contributed by atoms with Crippen LogP contribution in [0.4, 0.5) is 0 Å². The summed E-state index contributed by atoms with van der Waals surface area (Å²) < 4.78 is 2.08. The molecule has 0 aliphatic carbocycles. The van der Waals surface area contributed by atoms with Gasteiger partial charge in [-0.25, -0.2) is 0 Å². The van der Waals surface area contributed by atoms with E-state index in [2.05, 4.69) is 41.9 Å². The second-order valence-electron chi connectivity index (χ2n) is 3.74. The first-order valence-electron chi connectivity index (χ1n) is 5.52. The highest BCUT2D eigenvalue weighted by Crippen LogP contribution is 2.01. The minimum absolute atomic E-state index is 0.583. The summed E-state index contributed by atoms with van der Waals surface area (Å²) >= 11 is 0. The molecule has 1 heterocycles. The van der Waals surface area contributed by atoms with Crippen LogP contribution in [0, 0.1) is 0 Å².